The molecule has 14 nitrogen and oxygen atoms in total. The van der Waals surface area contributed by atoms with Gasteiger partial charge in [-0.3, -0.25) is 14.5 Å². The molecule has 1 saturated heterocycles. The number of thiazole rings is 1. The summed E-state index contributed by atoms with van der Waals surface area (Å²) in [6, 6.07) is 0.527. The average Bonchev–Trinajstić information content (AvgIpc) is 3.31. The SMILES string of the molecule is C#CCO/N=C(\C(=O)NC1C(=O)N2C(C(=O)O)=C(CSc3nc(N)cc(N)[n+]3C)CSC12)c1csc(N)n1. The van der Waals surface area contributed by atoms with Crippen molar-refractivity contribution in [2.45, 2.75) is 16.6 Å². The lowest BCUT2D eigenvalue weighted by molar-refractivity contribution is -0.698. The molecule has 8 N–H and O–H groups in total. The first-order valence-electron chi connectivity index (χ1n) is 10.7. The molecule has 38 heavy (non-hydrogen) atoms. The first-order chi connectivity index (χ1) is 18.1. The molecular weight excluding hydrogens is 554 g/mol. The number of carboxylic acid groups (broad SMARTS) is 1. The predicted octanol–water partition coefficient (Wildman–Crippen LogP) is -1.01. The molecule has 2 amide bonds. The molecule has 4 rings (SSSR count). The van der Waals surface area contributed by atoms with Gasteiger partial charge in [-0.15, -0.1) is 29.5 Å². The Morgan fingerprint density at radius 2 is 2.18 bits per heavy atom. The van der Waals surface area contributed by atoms with Gasteiger partial charge in [0.1, 0.15) is 22.8 Å². The molecule has 0 spiro atoms. The highest BCUT2D eigenvalue weighted by atomic mass is 32.2. The third-order valence-electron chi connectivity index (χ3n) is 5.39. The summed E-state index contributed by atoms with van der Waals surface area (Å²) in [6.45, 7) is -0.186. The molecule has 4 heterocycles. The Labute approximate surface area is 228 Å². The van der Waals surface area contributed by atoms with Crippen LogP contribution in [0.4, 0.5) is 16.8 Å². The summed E-state index contributed by atoms with van der Waals surface area (Å²) in [5.41, 5.74) is 17.7. The van der Waals surface area contributed by atoms with E-state index in [-0.39, 0.29) is 40.4 Å². The molecule has 0 saturated carbocycles. The standard InChI is InChI=1S/C21H21N9O5S3/c1-3-4-35-28-13(10-8-37-20(24)25-10)16(31)27-14-17(32)30-15(19(33)34)9(6-36-18(14)30)7-38-21-26-11(22)5-12(23)29(21)2/h1,5,8,14,18H,4,6-7H2,2H3,(H7,22,23,24,25,27,31,33,34)/p+1/b28-13-. The summed E-state index contributed by atoms with van der Waals surface area (Å²) in [5.74, 6) is 0.835. The zero-order chi connectivity index (χ0) is 27.6. The Balaban J connectivity index is 1.51. The van der Waals surface area contributed by atoms with E-state index in [0.29, 0.717) is 22.3 Å². The molecule has 0 radical (unpaired) electrons. The summed E-state index contributed by atoms with van der Waals surface area (Å²) in [7, 11) is 1.71. The third-order valence-corrected chi connectivity index (χ3v) is 8.52. The lowest BCUT2D eigenvalue weighted by atomic mass is 10.0. The van der Waals surface area contributed by atoms with Crippen LogP contribution in [0.1, 0.15) is 5.69 Å². The van der Waals surface area contributed by atoms with E-state index < -0.39 is 29.2 Å². The largest absolute Gasteiger partial charge is 0.477 e. The van der Waals surface area contributed by atoms with Gasteiger partial charge in [-0.25, -0.2) is 14.3 Å². The number of nitrogens with one attached hydrogen (secondary N) is 1. The number of fused-ring (bicyclic) bond motifs is 1. The van der Waals surface area contributed by atoms with Crippen molar-refractivity contribution in [3.63, 3.8) is 0 Å². The topological polar surface area (TPSA) is 216 Å². The maximum Gasteiger partial charge on any atom is 0.352 e. The normalized spacial score (nSPS) is 18.9. The van der Waals surface area contributed by atoms with E-state index in [1.165, 1.54) is 39.9 Å². The van der Waals surface area contributed by atoms with E-state index in [9.17, 15) is 19.5 Å². The highest BCUT2D eigenvalue weighted by Gasteiger charge is 2.54. The van der Waals surface area contributed by atoms with Gasteiger partial charge in [-0.2, -0.15) is 0 Å². The quantitative estimate of drug-likeness (QED) is 0.0355. The van der Waals surface area contributed by atoms with Gasteiger partial charge in [-0.1, -0.05) is 16.1 Å². The van der Waals surface area contributed by atoms with Crippen molar-refractivity contribution in [2.24, 2.45) is 12.2 Å². The number of aromatic nitrogens is 3. The molecule has 198 valence electrons. The molecule has 2 aromatic heterocycles. The summed E-state index contributed by atoms with van der Waals surface area (Å²) in [4.78, 5) is 52.6. The predicted molar refractivity (Wildman–Crippen MR) is 142 cm³/mol. The number of thioether (sulfide) groups is 2. The maximum atomic E-state index is 13.0. The fourth-order valence-corrected chi connectivity index (χ4v) is 6.63. The highest BCUT2D eigenvalue weighted by molar-refractivity contribution is 8.01. The van der Waals surface area contributed by atoms with Gasteiger partial charge in [0, 0.05) is 16.9 Å². The van der Waals surface area contributed by atoms with Crippen LogP contribution in [0.3, 0.4) is 0 Å². The molecular formula is C21H22N9O5S3+. The van der Waals surface area contributed by atoms with Gasteiger partial charge in [0.2, 0.25) is 11.6 Å². The molecule has 2 aromatic rings. The number of hydrogen-bond donors (Lipinski definition) is 5. The van der Waals surface area contributed by atoms with Gasteiger partial charge in [-0.05, 0) is 17.3 Å². The Morgan fingerprint density at radius 3 is 2.84 bits per heavy atom. The molecule has 2 aliphatic heterocycles. The fraction of sp³-hybridized carbons (Fsp3) is 0.286. The van der Waals surface area contributed by atoms with E-state index in [2.05, 4.69) is 26.4 Å². The highest BCUT2D eigenvalue weighted by Crippen LogP contribution is 2.41. The lowest BCUT2D eigenvalue weighted by Gasteiger charge is -2.49. The van der Waals surface area contributed by atoms with Crippen LogP contribution in [0, 0.1) is 12.3 Å². The van der Waals surface area contributed by atoms with Crippen LogP contribution in [-0.2, 0) is 26.3 Å². The monoisotopic (exact) mass is 576 g/mol. The van der Waals surface area contributed by atoms with Crippen molar-refractivity contribution >= 4 is 75.1 Å². The number of carbonyl (C=O) groups excluding carboxylic acids is 2. The van der Waals surface area contributed by atoms with Gasteiger partial charge in [0.15, 0.2) is 17.5 Å². The van der Waals surface area contributed by atoms with Gasteiger partial charge in [0.25, 0.3) is 11.8 Å². The van der Waals surface area contributed by atoms with E-state index in [1.807, 2.05) is 0 Å². The number of oxime groups is 1. The van der Waals surface area contributed by atoms with E-state index >= 15 is 0 Å². The molecule has 2 atom stereocenters. The van der Waals surface area contributed by atoms with E-state index in [0.717, 1.165) is 11.3 Å². The number of terminal acetylenes is 1. The first kappa shape index (κ1) is 27.0. The van der Waals surface area contributed by atoms with Crippen LogP contribution in [-0.4, -0.2) is 73.0 Å². The minimum absolute atomic E-state index is 0.130. The van der Waals surface area contributed by atoms with Gasteiger partial charge < -0.3 is 32.5 Å². The smallest absolute Gasteiger partial charge is 0.352 e. The van der Waals surface area contributed by atoms with E-state index in [4.69, 9.17) is 28.5 Å². The Morgan fingerprint density at radius 1 is 1.42 bits per heavy atom. The Hall–Kier alpha value is -4.01. The number of carboxylic acids is 1. The van der Waals surface area contributed by atoms with Crippen molar-refractivity contribution in [1.29, 1.82) is 0 Å². The second-order valence-electron chi connectivity index (χ2n) is 7.84. The average molecular weight is 577 g/mol. The van der Waals surface area contributed by atoms with Crippen molar-refractivity contribution in [2.75, 3.05) is 35.3 Å². The van der Waals surface area contributed by atoms with Crippen LogP contribution in [0.2, 0.25) is 0 Å². The number of β-lactam (4-membered cyclic amide) rings is 1. The minimum atomic E-state index is -1.25. The molecule has 1 fully saturated rings. The van der Waals surface area contributed by atoms with Crippen molar-refractivity contribution in [1.82, 2.24) is 20.2 Å². The number of carbonyl (C=O) groups is 3. The maximum absolute atomic E-state index is 13.0. The summed E-state index contributed by atoms with van der Waals surface area (Å²) >= 11 is 3.66. The molecule has 17 heteroatoms. The summed E-state index contributed by atoms with van der Waals surface area (Å²) in [6.07, 6.45) is 5.16. The number of rotatable bonds is 9. The van der Waals surface area contributed by atoms with E-state index in [1.54, 1.807) is 11.6 Å². The van der Waals surface area contributed by atoms with Crippen LogP contribution in [0.5, 0.6) is 0 Å². The fourth-order valence-electron chi connectivity index (χ4n) is 3.60. The number of nitrogens with zero attached hydrogens (tertiary/aromatic N) is 5. The zero-order valence-electron chi connectivity index (χ0n) is 19.8. The van der Waals surface area contributed by atoms with Crippen molar-refractivity contribution in [3.05, 3.63) is 28.4 Å². The van der Waals surface area contributed by atoms with Gasteiger partial charge in [0.05, 0.1) is 13.1 Å². The number of nitrogens with two attached hydrogens (primary N) is 3. The van der Waals surface area contributed by atoms with Gasteiger partial charge >= 0.3 is 11.1 Å². The van der Waals surface area contributed by atoms with Crippen LogP contribution >= 0.6 is 34.9 Å². The van der Waals surface area contributed by atoms with Crippen LogP contribution in [0.25, 0.3) is 0 Å². The summed E-state index contributed by atoms with van der Waals surface area (Å²) in [5, 5.41) is 17.9. The zero-order valence-corrected chi connectivity index (χ0v) is 22.2. The summed E-state index contributed by atoms with van der Waals surface area (Å²) < 4.78 is 1.63. The van der Waals surface area contributed by atoms with Crippen molar-refractivity contribution < 1.29 is 28.9 Å². The second kappa shape index (κ2) is 11.2. The van der Waals surface area contributed by atoms with Crippen molar-refractivity contribution in [3.8, 4) is 12.3 Å². The second-order valence-corrected chi connectivity index (χ2v) is 10.8. The Kier molecular flexibility index (Phi) is 7.94. The molecule has 0 aromatic carbocycles. The van der Waals surface area contributed by atoms with Crippen LogP contribution in [0.15, 0.2) is 33.0 Å². The number of amides is 2. The molecule has 2 aliphatic rings. The number of nitrogen functional groups attached to an aromatic ring is 3. The molecule has 0 bridgehead atoms. The molecule has 0 aliphatic carbocycles. The Bertz CT molecular complexity index is 1420. The number of anilines is 3. The minimum Gasteiger partial charge on any atom is -0.477 e. The number of aliphatic carboxylic acids is 1. The number of hydrogen-bond acceptors (Lipinski definition) is 13. The molecule has 2 unspecified atom stereocenters. The first-order valence-corrected chi connectivity index (χ1v) is 13.6. The third kappa shape index (κ3) is 5.32. The van der Waals surface area contributed by atoms with Crippen LogP contribution < -0.4 is 27.1 Å². The lowest BCUT2D eigenvalue weighted by Crippen LogP contribution is -2.71.